The standard InChI is InChI=1S/C18H18FN3O/c1-23-17-8-12(19)2-3-14(17)13-5-7-21-18-15(13)9-16(22-18)11-4-6-20-10-11/h2-3,5,7-9,11,20H,4,6,10H2,1H3,(H,21,22). The molecule has 3 aromatic rings. The van der Waals surface area contributed by atoms with Crippen LogP contribution in [0.5, 0.6) is 5.75 Å². The second-order valence-electron chi connectivity index (χ2n) is 5.88. The summed E-state index contributed by atoms with van der Waals surface area (Å²) in [5, 5.41) is 4.42. The molecule has 4 nitrogen and oxygen atoms in total. The summed E-state index contributed by atoms with van der Waals surface area (Å²) in [4.78, 5) is 7.87. The predicted octanol–water partition coefficient (Wildman–Crippen LogP) is 3.45. The van der Waals surface area contributed by atoms with Crippen molar-refractivity contribution in [2.24, 2.45) is 0 Å². The normalized spacial score (nSPS) is 17.7. The Morgan fingerprint density at radius 1 is 1.22 bits per heavy atom. The maximum atomic E-state index is 13.5. The van der Waals surface area contributed by atoms with Crippen LogP contribution in [0.1, 0.15) is 18.0 Å². The smallest absolute Gasteiger partial charge is 0.138 e. The van der Waals surface area contributed by atoms with Crippen molar-refractivity contribution in [2.75, 3.05) is 20.2 Å². The zero-order chi connectivity index (χ0) is 15.8. The first-order chi connectivity index (χ1) is 11.3. The van der Waals surface area contributed by atoms with Crippen LogP contribution in [0.15, 0.2) is 36.5 Å². The van der Waals surface area contributed by atoms with Gasteiger partial charge in [0.25, 0.3) is 0 Å². The summed E-state index contributed by atoms with van der Waals surface area (Å²) in [6, 6.07) is 8.74. The lowest BCUT2D eigenvalue weighted by atomic mass is 10.0. The van der Waals surface area contributed by atoms with Crippen molar-refractivity contribution < 1.29 is 9.13 Å². The van der Waals surface area contributed by atoms with Crippen molar-refractivity contribution in [3.8, 4) is 16.9 Å². The number of fused-ring (bicyclic) bond motifs is 1. The number of aromatic amines is 1. The maximum absolute atomic E-state index is 13.5. The first kappa shape index (κ1) is 14.2. The first-order valence-corrected chi connectivity index (χ1v) is 7.78. The number of nitrogens with zero attached hydrogens (tertiary/aromatic N) is 1. The van der Waals surface area contributed by atoms with Crippen LogP contribution in [0.2, 0.25) is 0 Å². The highest BCUT2D eigenvalue weighted by Crippen LogP contribution is 2.36. The Balaban J connectivity index is 1.87. The molecule has 2 N–H and O–H groups in total. The minimum atomic E-state index is -0.303. The van der Waals surface area contributed by atoms with E-state index in [4.69, 9.17) is 4.74 Å². The molecule has 0 bridgehead atoms. The molecule has 0 radical (unpaired) electrons. The van der Waals surface area contributed by atoms with Gasteiger partial charge in [-0.15, -0.1) is 0 Å². The van der Waals surface area contributed by atoms with E-state index in [1.807, 2.05) is 6.07 Å². The molecule has 23 heavy (non-hydrogen) atoms. The molecule has 118 valence electrons. The molecule has 1 unspecified atom stereocenters. The second kappa shape index (κ2) is 5.66. The van der Waals surface area contributed by atoms with Crippen molar-refractivity contribution in [1.29, 1.82) is 0 Å². The van der Waals surface area contributed by atoms with Crippen molar-refractivity contribution in [1.82, 2.24) is 15.3 Å². The van der Waals surface area contributed by atoms with Gasteiger partial charge < -0.3 is 15.0 Å². The average Bonchev–Trinajstić information content (AvgIpc) is 3.23. The summed E-state index contributed by atoms with van der Waals surface area (Å²) in [6.07, 6.45) is 2.90. The van der Waals surface area contributed by atoms with Gasteiger partial charge in [-0.25, -0.2) is 9.37 Å². The first-order valence-electron chi connectivity index (χ1n) is 7.78. The van der Waals surface area contributed by atoms with Crippen LogP contribution in [0.4, 0.5) is 4.39 Å². The Labute approximate surface area is 133 Å². The minimum absolute atomic E-state index is 0.303. The highest BCUT2D eigenvalue weighted by molar-refractivity contribution is 5.95. The SMILES string of the molecule is COc1cc(F)ccc1-c1ccnc2[nH]c(C3CCNC3)cc12. The van der Waals surface area contributed by atoms with Gasteiger partial charge in [0.1, 0.15) is 17.2 Å². The van der Waals surface area contributed by atoms with Gasteiger partial charge in [0.2, 0.25) is 0 Å². The third-order valence-corrected chi connectivity index (χ3v) is 4.51. The highest BCUT2D eigenvalue weighted by Gasteiger charge is 2.20. The van der Waals surface area contributed by atoms with Crippen LogP contribution in [0.3, 0.4) is 0 Å². The molecule has 0 saturated carbocycles. The molecule has 0 aliphatic carbocycles. The van der Waals surface area contributed by atoms with Gasteiger partial charge >= 0.3 is 0 Å². The van der Waals surface area contributed by atoms with Gasteiger partial charge in [-0.2, -0.15) is 0 Å². The number of nitrogens with one attached hydrogen (secondary N) is 2. The summed E-state index contributed by atoms with van der Waals surface area (Å²) in [5.74, 6) is 0.720. The molecular formula is C18H18FN3O. The van der Waals surface area contributed by atoms with Gasteiger partial charge in [-0.1, -0.05) is 0 Å². The highest BCUT2D eigenvalue weighted by atomic mass is 19.1. The van der Waals surface area contributed by atoms with E-state index in [1.54, 1.807) is 19.4 Å². The number of hydrogen-bond acceptors (Lipinski definition) is 3. The molecule has 5 heteroatoms. The van der Waals surface area contributed by atoms with Crippen molar-refractivity contribution in [3.05, 3.63) is 48.0 Å². The van der Waals surface area contributed by atoms with Crippen LogP contribution in [-0.4, -0.2) is 30.2 Å². The minimum Gasteiger partial charge on any atom is -0.496 e. The molecule has 1 atom stereocenters. The molecule has 3 heterocycles. The Morgan fingerprint density at radius 2 is 2.13 bits per heavy atom. The van der Waals surface area contributed by atoms with Gasteiger partial charge in [-0.3, -0.25) is 0 Å². The summed E-state index contributed by atoms with van der Waals surface area (Å²) in [7, 11) is 1.56. The van der Waals surface area contributed by atoms with Gasteiger partial charge in [0, 0.05) is 41.4 Å². The number of H-pyrrole nitrogens is 1. The predicted molar refractivity (Wildman–Crippen MR) is 88.3 cm³/mol. The fourth-order valence-corrected chi connectivity index (χ4v) is 3.31. The fraction of sp³-hybridized carbons (Fsp3) is 0.278. The Kier molecular flexibility index (Phi) is 3.50. The lowest BCUT2D eigenvalue weighted by molar-refractivity contribution is 0.413. The molecule has 1 fully saturated rings. The molecule has 1 aliphatic rings. The summed E-state index contributed by atoms with van der Waals surface area (Å²) in [5.41, 5.74) is 3.93. The largest absolute Gasteiger partial charge is 0.496 e. The van der Waals surface area contributed by atoms with E-state index in [0.29, 0.717) is 11.7 Å². The maximum Gasteiger partial charge on any atom is 0.138 e. The van der Waals surface area contributed by atoms with Gasteiger partial charge in [-0.05, 0) is 42.8 Å². The number of aromatic nitrogens is 2. The quantitative estimate of drug-likeness (QED) is 0.779. The topological polar surface area (TPSA) is 49.9 Å². The van der Waals surface area contributed by atoms with Gasteiger partial charge in [0.15, 0.2) is 0 Å². The van der Waals surface area contributed by atoms with E-state index in [9.17, 15) is 4.39 Å². The number of halogens is 1. The molecule has 0 amide bonds. The second-order valence-corrected chi connectivity index (χ2v) is 5.88. The Hall–Kier alpha value is -2.40. The molecule has 2 aromatic heterocycles. The van der Waals surface area contributed by atoms with E-state index in [2.05, 4.69) is 21.4 Å². The number of hydrogen-bond donors (Lipinski definition) is 2. The molecule has 1 aliphatic heterocycles. The number of ether oxygens (including phenoxy) is 1. The van der Waals surface area contributed by atoms with Crippen molar-refractivity contribution in [3.63, 3.8) is 0 Å². The molecule has 0 spiro atoms. The van der Waals surface area contributed by atoms with Crippen LogP contribution in [0.25, 0.3) is 22.2 Å². The fourth-order valence-electron chi connectivity index (χ4n) is 3.31. The van der Waals surface area contributed by atoms with Crippen LogP contribution < -0.4 is 10.1 Å². The monoisotopic (exact) mass is 311 g/mol. The van der Waals surface area contributed by atoms with Crippen LogP contribution in [-0.2, 0) is 0 Å². The summed E-state index contributed by atoms with van der Waals surface area (Å²) < 4.78 is 18.8. The third-order valence-electron chi connectivity index (χ3n) is 4.51. The summed E-state index contributed by atoms with van der Waals surface area (Å²) in [6.45, 7) is 2.04. The number of methoxy groups -OCH3 is 1. The third kappa shape index (κ3) is 2.47. The zero-order valence-electron chi connectivity index (χ0n) is 12.9. The van der Waals surface area contributed by atoms with Crippen LogP contribution >= 0.6 is 0 Å². The van der Waals surface area contributed by atoms with E-state index in [-0.39, 0.29) is 5.82 Å². The Morgan fingerprint density at radius 3 is 2.91 bits per heavy atom. The molecule has 1 saturated heterocycles. The number of benzene rings is 1. The lowest BCUT2D eigenvalue weighted by Crippen LogP contribution is -2.07. The van der Waals surface area contributed by atoms with Gasteiger partial charge in [0.05, 0.1) is 7.11 Å². The Bertz CT molecular complexity index is 853. The van der Waals surface area contributed by atoms with E-state index >= 15 is 0 Å². The zero-order valence-corrected chi connectivity index (χ0v) is 12.9. The van der Waals surface area contributed by atoms with Crippen molar-refractivity contribution in [2.45, 2.75) is 12.3 Å². The average molecular weight is 311 g/mol. The van der Waals surface area contributed by atoms with E-state index in [1.165, 1.54) is 17.8 Å². The number of pyridine rings is 1. The molecule has 4 rings (SSSR count). The van der Waals surface area contributed by atoms with Crippen molar-refractivity contribution >= 4 is 11.0 Å². The van der Waals surface area contributed by atoms with Crippen LogP contribution in [0, 0.1) is 5.82 Å². The van der Waals surface area contributed by atoms with E-state index in [0.717, 1.165) is 41.7 Å². The number of rotatable bonds is 3. The summed E-state index contributed by atoms with van der Waals surface area (Å²) >= 11 is 0. The van der Waals surface area contributed by atoms with E-state index < -0.39 is 0 Å². The molecule has 1 aromatic carbocycles. The molecular weight excluding hydrogens is 293 g/mol. The lowest BCUT2D eigenvalue weighted by Gasteiger charge is -2.09.